The van der Waals surface area contributed by atoms with Crippen molar-refractivity contribution in [3.8, 4) is 5.75 Å². The van der Waals surface area contributed by atoms with Gasteiger partial charge in [-0.1, -0.05) is 40.2 Å². The van der Waals surface area contributed by atoms with Crippen molar-refractivity contribution in [3.63, 3.8) is 0 Å². The highest BCUT2D eigenvalue weighted by atomic mass is 79.9. The van der Waals surface area contributed by atoms with E-state index in [1.54, 1.807) is 4.90 Å². The van der Waals surface area contributed by atoms with Gasteiger partial charge in [0.15, 0.2) is 0 Å². The second-order valence-electron chi connectivity index (χ2n) is 7.37. The van der Waals surface area contributed by atoms with Gasteiger partial charge in [0.25, 0.3) is 0 Å². The lowest BCUT2D eigenvalue weighted by Gasteiger charge is -2.34. The van der Waals surface area contributed by atoms with Crippen LogP contribution >= 0.6 is 15.9 Å². The van der Waals surface area contributed by atoms with Gasteiger partial charge in [-0.2, -0.15) is 0 Å². The molecular weight excluding hydrogens is 460 g/mol. The third kappa shape index (κ3) is 5.02. The first kappa shape index (κ1) is 21.6. The molecule has 1 aliphatic rings. The maximum atomic E-state index is 12.6. The SMILES string of the molecule is CCOCCn1c(N2CCN(C(=O)Oc3ccc(CBr)cc3)CC2)nc2ccccc21. The number of para-hydroxylation sites is 2. The first-order chi connectivity index (χ1) is 15.2. The van der Waals surface area contributed by atoms with Crippen LogP contribution in [0, 0.1) is 0 Å². The van der Waals surface area contributed by atoms with E-state index in [1.807, 2.05) is 49.4 Å². The summed E-state index contributed by atoms with van der Waals surface area (Å²) in [6, 6.07) is 15.7. The molecule has 2 heterocycles. The van der Waals surface area contributed by atoms with Crippen molar-refractivity contribution in [2.75, 3.05) is 44.3 Å². The topological polar surface area (TPSA) is 59.8 Å². The molecule has 0 spiro atoms. The average Bonchev–Trinajstić information content (AvgIpc) is 3.18. The lowest BCUT2D eigenvalue weighted by Crippen LogP contribution is -2.50. The van der Waals surface area contributed by atoms with Crippen molar-refractivity contribution in [1.82, 2.24) is 14.5 Å². The first-order valence-corrected chi connectivity index (χ1v) is 11.7. The number of benzene rings is 2. The molecule has 7 nitrogen and oxygen atoms in total. The zero-order valence-corrected chi connectivity index (χ0v) is 19.3. The summed E-state index contributed by atoms with van der Waals surface area (Å²) in [6.07, 6.45) is -0.309. The predicted molar refractivity (Wildman–Crippen MR) is 125 cm³/mol. The van der Waals surface area contributed by atoms with Crippen molar-refractivity contribution < 1.29 is 14.3 Å². The maximum Gasteiger partial charge on any atom is 0.415 e. The molecule has 0 aliphatic carbocycles. The molecule has 1 aromatic heterocycles. The monoisotopic (exact) mass is 486 g/mol. The minimum atomic E-state index is -0.309. The van der Waals surface area contributed by atoms with E-state index in [2.05, 4.69) is 31.5 Å². The number of anilines is 1. The van der Waals surface area contributed by atoms with Crippen LogP contribution < -0.4 is 9.64 Å². The number of imidazole rings is 1. The van der Waals surface area contributed by atoms with E-state index < -0.39 is 0 Å². The molecule has 0 N–H and O–H groups in total. The van der Waals surface area contributed by atoms with Gasteiger partial charge in [-0.25, -0.2) is 9.78 Å². The van der Waals surface area contributed by atoms with Gasteiger partial charge in [0.2, 0.25) is 5.95 Å². The number of nitrogens with zero attached hydrogens (tertiary/aromatic N) is 4. The van der Waals surface area contributed by atoms with Crippen molar-refractivity contribution in [1.29, 1.82) is 0 Å². The van der Waals surface area contributed by atoms with Crippen LogP contribution in [0.15, 0.2) is 48.5 Å². The van der Waals surface area contributed by atoms with E-state index in [4.69, 9.17) is 14.5 Å². The molecule has 31 heavy (non-hydrogen) atoms. The lowest BCUT2D eigenvalue weighted by atomic mass is 10.2. The van der Waals surface area contributed by atoms with E-state index in [1.165, 1.54) is 0 Å². The fraction of sp³-hybridized carbons (Fsp3) is 0.391. The van der Waals surface area contributed by atoms with Gasteiger partial charge in [-0.05, 0) is 36.8 Å². The molecule has 164 valence electrons. The Hall–Kier alpha value is -2.58. The number of hydrogen-bond acceptors (Lipinski definition) is 5. The predicted octanol–water partition coefficient (Wildman–Crippen LogP) is 4.29. The second-order valence-corrected chi connectivity index (χ2v) is 7.93. The molecule has 1 saturated heterocycles. The Balaban J connectivity index is 1.41. The minimum absolute atomic E-state index is 0.309. The van der Waals surface area contributed by atoms with Crippen LogP contribution in [0.1, 0.15) is 12.5 Å². The summed E-state index contributed by atoms with van der Waals surface area (Å²) in [6.45, 7) is 6.67. The molecule has 0 radical (unpaired) electrons. The summed E-state index contributed by atoms with van der Waals surface area (Å²) in [5, 5.41) is 0.776. The number of carbonyl (C=O) groups is 1. The summed E-state index contributed by atoms with van der Waals surface area (Å²) < 4.78 is 13.3. The molecule has 0 saturated carbocycles. The minimum Gasteiger partial charge on any atom is -0.410 e. The molecule has 1 fully saturated rings. The number of ether oxygens (including phenoxy) is 2. The van der Waals surface area contributed by atoms with Crippen LogP contribution in [-0.4, -0.2) is 59.9 Å². The summed E-state index contributed by atoms with van der Waals surface area (Å²) in [7, 11) is 0. The molecule has 0 bridgehead atoms. The molecule has 1 amide bonds. The summed E-state index contributed by atoms with van der Waals surface area (Å²) in [5.74, 6) is 1.49. The number of hydrogen-bond donors (Lipinski definition) is 0. The van der Waals surface area contributed by atoms with Crippen LogP contribution in [0.4, 0.5) is 10.7 Å². The van der Waals surface area contributed by atoms with Crippen LogP contribution in [0.3, 0.4) is 0 Å². The first-order valence-electron chi connectivity index (χ1n) is 10.6. The molecule has 8 heteroatoms. The van der Waals surface area contributed by atoms with Crippen molar-refractivity contribution >= 4 is 39.0 Å². The Morgan fingerprint density at radius 2 is 1.81 bits per heavy atom. The third-order valence-corrected chi connectivity index (χ3v) is 6.05. The fourth-order valence-electron chi connectivity index (χ4n) is 3.73. The Morgan fingerprint density at radius 3 is 2.52 bits per heavy atom. The van der Waals surface area contributed by atoms with E-state index in [9.17, 15) is 4.79 Å². The number of halogens is 1. The third-order valence-electron chi connectivity index (χ3n) is 5.40. The largest absolute Gasteiger partial charge is 0.415 e. The Bertz CT molecular complexity index is 1010. The van der Waals surface area contributed by atoms with E-state index in [0.717, 1.165) is 34.4 Å². The molecule has 3 aromatic rings. The summed E-state index contributed by atoms with van der Waals surface area (Å²) in [5.41, 5.74) is 3.22. The number of carbonyl (C=O) groups excluding carboxylic acids is 1. The van der Waals surface area contributed by atoms with Gasteiger partial charge in [-0.15, -0.1) is 0 Å². The fourth-order valence-corrected chi connectivity index (χ4v) is 4.10. The van der Waals surface area contributed by atoms with Gasteiger partial charge >= 0.3 is 6.09 Å². The van der Waals surface area contributed by atoms with E-state index in [0.29, 0.717) is 45.1 Å². The molecular formula is C23H27BrN4O3. The Kier molecular flexibility index (Phi) is 7.09. The number of amides is 1. The number of alkyl halides is 1. The highest BCUT2D eigenvalue weighted by Gasteiger charge is 2.26. The summed E-state index contributed by atoms with van der Waals surface area (Å²) in [4.78, 5) is 21.4. The van der Waals surface area contributed by atoms with Crippen molar-refractivity contribution in [3.05, 3.63) is 54.1 Å². The normalized spacial score (nSPS) is 14.3. The number of rotatable bonds is 7. The van der Waals surface area contributed by atoms with Crippen LogP contribution in [-0.2, 0) is 16.6 Å². The Morgan fingerprint density at radius 1 is 1.06 bits per heavy atom. The maximum absolute atomic E-state index is 12.6. The molecule has 0 atom stereocenters. The van der Waals surface area contributed by atoms with Gasteiger partial charge in [0.1, 0.15) is 5.75 Å². The average molecular weight is 487 g/mol. The van der Waals surface area contributed by atoms with Gasteiger partial charge in [0.05, 0.1) is 17.6 Å². The zero-order valence-electron chi connectivity index (χ0n) is 17.7. The highest BCUT2D eigenvalue weighted by Crippen LogP contribution is 2.24. The smallest absolute Gasteiger partial charge is 0.410 e. The Labute approximate surface area is 190 Å². The van der Waals surface area contributed by atoms with Crippen LogP contribution in [0.5, 0.6) is 5.75 Å². The molecule has 2 aromatic carbocycles. The van der Waals surface area contributed by atoms with Crippen LogP contribution in [0.25, 0.3) is 11.0 Å². The quantitative estimate of drug-likeness (QED) is 0.368. The number of fused-ring (bicyclic) bond motifs is 1. The van der Waals surface area contributed by atoms with Crippen molar-refractivity contribution in [2.24, 2.45) is 0 Å². The second kappa shape index (κ2) is 10.2. The molecule has 4 rings (SSSR count). The van der Waals surface area contributed by atoms with E-state index in [-0.39, 0.29) is 6.09 Å². The van der Waals surface area contributed by atoms with Crippen LogP contribution in [0.2, 0.25) is 0 Å². The van der Waals surface area contributed by atoms with Gasteiger partial charge < -0.3 is 23.8 Å². The molecule has 0 unspecified atom stereocenters. The van der Waals surface area contributed by atoms with Gasteiger partial charge in [0, 0.05) is 44.7 Å². The zero-order chi connectivity index (χ0) is 21.6. The standard InChI is InChI=1S/C23H27BrN4O3/c1-2-30-16-15-28-21-6-4-3-5-20(21)25-22(28)26-11-13-27(14-12-26)23(29)31-19-9-7-18(17-24)8-10-19/h3-10H,2,11-17H2,1H3. The van der Waals surface area contributed by atoms with Crippen molar-refractivity contribution in [2.45, 2.75) is 18.8 Å². The van der Waals surface area contributed by atoms with Gasteiger partial charge in [-0.3, -0.25) is 0 Å². The lowest BCUT2D eigenvalue weighted by molar-refractivity contribution is 0.139. The number of aromatic nitrogens is 2. The van der Waals surface area contributed by atoms with E-state index >= 15 is 0 Å². The highest BCUT2D eigenvalue weighted by molar-refractivity contribution is 9.08. The summed E-state index contributed by atoms with van der Waals surface area (Å²) >= 11 is 3.42. The number of piperazine rings is 1. The molecule has 1 aliphatic heterocycles.